The Bertz CT molecular complexity index is 680. The number of carboxylic acids is 1. The van der Waals surface area contributed by atoms with Gasteiger partial charge in [0.05, 0.1) is 10.4 Å². The van der Waals surface area contributed by atoms with E-state index in [0.29, 0.717) is 18.9 Å². The zero-order valence-electron chi connectivity index (χ0n) is 10.7. The first kappa shape index (κ1) is 16.3. The predicted octanol–water partition coefficient (Wildman–Crippen LogP) is 2.21. The van der Waals surface area contributed by atoms with E-state index in [9.17, 15) is 22.0 Å². The van der Waals surface area contributed by atoms with Crippen molar-refractivity contribution >= 4 is 31.9 Å². The molecular weight excluding hydrogens is 372 g/mol. The lowest BCUT2D eigenvalue weighted by Gasteiger charge is -2.29. The van der Waals surface area contributed by atoms with Crippen molar-refractivity contribution in [2.45, 2.75) is 17.7 Å². The third-order valence-electron chi connectivity index (χ3n) is 3.33. The maximum Gasteiger partial charge on any atom is 0.307 e. The lowest BCUT2D eigenvalue weighted by Crippen LogP contribution is -2.42. The number of halogens is 3. The Balaban J connectivity index is 2.38. The Morgan fingerprint density at radius 3 is 2.62 bits per heavy atom. The highest BCUT2D eigenvalue weighted by Crippen LogP contribution is 2.28. The molecule has 1 aliphatic rings. The Labute approximate surface area is 128 Å². The molecule has 1 saturated heterocycles. The molecule has 9 heteroatoms. The summed E-state index contributed by atoms with van der Waals surface area (Å²) in [6, 6.07) is 1.33. The van der Waals surface area contributed by atoms with E-state index in [1.165, 1.54) is 0 Å². The number of rotatable bonds is 3. The molecule has 1 unspecified atom stereocenters. The molecule has 1 aromatic carbocycles. The van der Waals surface area contributed by atoms with Crippen molar-refractivity contribution in [1.82, 2.24) is 4.31 Å². The molecule has 1 heterocycles. The second-order valence-electron chi connectivity index (χ2n) is 4.74. The summed E-state index contributed by atoms with van der Waals surface area (Å²) < 4.78 is 52.7. The molecule has 5 nitrogen and oxygen atoms in total. The van der Waals surface area contributed by atoms with Gasteiger partial charge in [-0.05, 0) is 40.9 Å². The maximum absolute atomic E-state index is 13.8. The molecule has 0 radical (unpaired) electrons. The predicted molar refractivity (Wildman–Crippen MR) is 73.2 cm³/mol. The van der Waals surface area contributed by atoms with Gasteiger partial charge < -0.3 is 5.11 Å². The fourth-order valence-electron chi connectivity index (χ4n) is 2.20. The van der Waals surface area contributed by atoms with Gasteiger partial charge in [0, 0.05) is 13.1 Å². The smallest absolute Gasteiger partial charge is 0.307 e. The zero-order valence-corrected chi connectivity index (χ0v) is 13.1. The van der Waals surface area contributed by atoms with Gasteiger partial charge in [0.1, 0.15) is 16.5 Å². The normalized spacial score (nSPS) is 20.4. The molecule has 21 heavy (non-hydrogen) atoms. The molecule has 2 rings (SSSR count). The van der Waals surface area contributed by atoms with Crippen LogP contribution in [-0.2, 0) is 14.8 Å². The first-order valence-corrected chi connectivity index (χ1v) is 8.34. The van der Waals surface area contributed by atoms with Crippen molar-refractivity contribution in [3.8, 4) is 0 Å². The summed E-state index contributed by atoms with van der Waals surface area (Å²) in [5.41, 5.74) is 0. The molecule has 1 aromatic rings. The van der Waals surface area contributed by atoms with Crippen LogP contribution in [0.4, 0.5) is 8.78 Å². The molecular formula is C12H12BrF2NO4S. The van der Waals surface area contributed by atoms with Crippen LogP contribution in [0.5, 0.6) is 0 Å². The van der Waals surface area contributed by atoms with Gasteiger partial charge in [0.15, 0.2) is 0 Å². The van der Waals surface area contributed by atoms with Gasteiger partial charge in [-0.3, -0.25) is 4.79 Å². The molecule has 0 spiro atoms. The monoisotopic (exact) mass is 383 g/mol. The lowest BCUT2D eigenvalue weighted by atomic mass is 10.0. The van der Waals surface area contributed by atoms with Crippen molar-refractivity contribution in [3.63, 3.8) is 0 Å². The molecule has 0 bridgehead atoms. The molecule has 1 N–H and O–H groups in total. The molecule has 1 fully saturated rings. The molecule has 0 aliphatic carbocycles. The number of benzene rings is 1. The SMILES string of the molecule is O=C(O)C1CCCN(S(=O)(=O)c2cc(F)c(Br)cc2F)C1. The van der Waals surface area contributed by atoms with Crippen LogP contribution in [0.15, 0.2) is 21.5 Å². The summed E-state index contributed by atoms with van der Waals surface area (Å²) in [5.74, 6) is -3.92. The third-order valence-corrected chi connectivity index (χ3v) is 5.81. The van der Waals surface area contributed by atoms with Gasteiger partial charge in [-0.2, -0.15) is 4.31 Å². The minimum absolute atomic E-state index is 0.0865. The van der Waals surface area contributed by atoms with Crippen LogP contribution in [0.3, 0.4) is 0 Å². The second kappa shape index (κ2) is 5.98. The standard InChI is InChI=1S/C12H12BrF2NO4S/c13-8-4-10(15)11(5-9(8)14)21(19,20)16-3-1-2-7(6-16)12(17)18/h4-5,7H,1-3,6H2,(H,17,18). The van der Waals surface area contributed by atoms with Crippen molar-refractivity contribution in [3.05, 3.63) is 28.2 Å². The first-order chi connectivity index (χ1) is 9.73. The summed E-state index contributed by atoms with van der Waals surface area (Å²) in [5, 5.41) is 8.97. The highest BCUT2D eigenvalue weighted by Gasteiger charge is 2.35. The maximum atomic E-state index is 13.8. The van der Waals surface area contributed by atoms with Crippen molar-refractivity contribution < 1.29 is 27.1 Å². The van der Waals surface area contributed by atoms with Gasteiger partial charge in [-0.15, -0.1) is 0 Å². The molecule has 116 valence electrons. The van der Waals surface area contributed by atoms with Crippen LogP contribution < -0.4 is 0 Å². The Hall–Kier alpha value is -1.06. The highest BCUT2D eigenvalue weighted by molar-refractivity contribution is 9.10. The fraction of sp³-hybridized carbons (Fsp3) is 0.417. The number of aliphatic carboxylic acids is 1. The molecule has 0 saturated carbocycles. The average Bonchev–Trinajstić information content (AvgIpc) is 2.42. The lowest BCUT2D eigenvalue weighted by molar-refractivity contribution is -0.142. The van der Waals surface area contributed by atoms with Crippen LogP contribution in [0.1, 0.15) is 12.8 Å². The fourth-order valence-corrected chi connectivity index (χ4v) is 4.10. The van der Waals surface area contributed by atoms with E-state index in [4.69, 9.17) is 5.11 Å². The van der Waals surface area contributed by atoms with Gasteiger partial charge in [-0.25, -0.2) is 17.2 Å². The molecule has 0 aromatic heterocycles. The Morgan fingerprint density at radius 2 is 2.00 bits per heavy atom. The number of hydrogen-bond donors (Lipinski definition) is 1. The summed E-state index contributed by atoms with van der Waals surface area (Å²) in [6.45, 7) is -0.155. The van der Waals surface area contributed by atoms with Gasteiger partial charge in [0.2, 0.25) is 10.0 Å². The van der Waals surface area contributed by atoms with Crippen LogP contribution in [-0.4, -0.2) is 36.9 Å². The summed E-state index contributed by atoms with van der Waals surface area (Å²) in [6.07, 6.45) is 0.718. The summed E-state index contributed by atoms with van der Waals surface area (Å²) in [4.78, 5) is 10.2. The van der Waals surface area contributed by atoms with Crippen LogP contribution in [0, 0.1) is 17.6 Å². The van der Waals surface area contributed by atoms with E-state index >= 15 is 0 Å². The van der Waals surface area contributed by atoms with Crippen LogP contribution >= 0.6 is 15.9 Å². The summed E-state index contributed by atoms with van der Waals surface area (Å²) in [7, 11) is -4.26. The van der Waals surface area contributed by atoms with E-state index in [0.717, 1.165) is 10.4 Å². The minimum atomic E-state index is -4.26. The zero-order chi connectivity index (χ0) is 15.8. The molecule has 1 aliphatic heterocycles. The first-order valence-electron chi connectivity index (χ1n) is 6.11. The number of piperidine rings is 1. The van der Waals surface area contributed by atoms with Gasteiger partial charge >= 0.3 is 5.97 Å². The Kier molecular flexibility index (Phi) is 4.64. The van der Waals surface area contributed by atoms with Crippen LogP contribution in [0.2, 0.25) is 0 Å². The van der Waals surface area contributed by atoms with Crippen molar-refractivity contribution in [2.75, 3.05) is 13.1 Å². The second-order valence-corrected chi connectivity index (χ2v) is 7.50. The summed E-state index contributed by atoms with van der Waals surface area (Å²) >= 11 is 2.77. The van der Waals surface area contributed by atoms with E-state index in [2.05, 4.69) is 15.9 Å². The molecule has 1 atom stereocenters. The van der Waals surface area contributed by atoms with Crippen molar-refractivity contribution in [1.29, 1.82) is 0 Å². The topological polar surface area (TPSA) is 74.7 Å². The van der Waals surface area contributed by atoms with E-state index in [1.807, 2.05) is 0 Å². The number of carbonyl (C=O) groups is 1. The van der Waals surface area contributed by atoms with E-state index < -0.39 is 38.4 Å². The number of nitrogens with zero attached hydrogens (tertiary/aromatic N) is 1. The average molecular weight is 384 g/mol. The minimum Gasteiger partial charge on any atom is -0.481 e. The van der Waals surface area contributed by atoms with E-state index in [-0.39, 0.29) is 17.6 Å². The number of carboxylic acid groups (broad SMARTS) is 1. The number of hydrogen-bond acceptors (Lipinski definition) is 3. The quantitative estimate of drug-likeness (QED) is 0.812. The highest BCUT2D eigenvalue weighted by atomic mass is 79.9. The Morgan fingerprint density at radius 1 is 1.33 bits per heavy atom. The van der Waals surface area contributed by atoms with E-state index in [1.54, 1.807) is 0 Å². The third kappa shape index (κ3) is 3.24. The molecule has 0 amide bonds. The van der Waals surface area contributed by atoms with Gasteiger partial charge in [0.25, 0.3) is 0 Å². The number of sulfonamides is 1. The van der Waals surface area contributed by atoms with Crippen molar-refractivity contribution in [2.24, 2.45) is 5.92 Å². The largest absolute Gasteiger partial charge is 0.481 e. The van der Waals surface area contributed by atoms with Gasteiger partial charge in [-0.1, -0.05) is 0 Å². The van der Waals surface area contributed by atoms with Crippen LogP contribution in [0.25, 0.3) is 0 Å².